The summed E-state index contributed by atoms with van der Waals surface area (Å²) in [5, 5.41) is 12.3. The van der Waals surface area contributed by atoms with Crippen molar-refractivity contribution in [2.24, 2.45) is 0 Å². The molecule has 118 valence electrons. The van der Waals surface area contributed by atoms with Crippen LogP contribution in [0.15, 0.2) is 16.9 Å². The summed E-state index contributed by atoms with van der Waals surface area (Å²) in [5.74, 6) is -0.828. The molecule has 5 nitrogen and oxygen atoms in total. The number of carbonyl (C=O) groups is 1. The molecule has 3 N–H and O–H groups in total. The van der Waals surface area contributed by atoms with Crippen molar-refractivity contribution in [2.75, 3.05) is 6.54 Å². The van der Waals surface area contributed by atoms with Gasteiger partial charge in [0.05, 0.1) is 5.60 Å². The van der Waals surface area contributed by atoms with Crippen LogP contribution in [-0.4, -0.2) is 28.1 Å². The van der Waals surface area contributed by atoms with Crippen LogP contribution in [-0.2, 0) is 6.18 Å². The van der Waals surface area contributed by atoms with Crippen LogP contribution >= 0.6 is 0 Å². The van der Waals surface area contributed by atoms with Crippen LogP contribution in [0.2, 0.25) is 0 Å². The second-order valence-corrected chi connectivity index (χ2v) is 4.73. The van der Waals surface area contributed by atoms with Gasteiger partial charge in [-0.2, -0.15) is 13.2 Å². The number of halogens is 3. The van der Waals surface area contributed by atoms with E-state index >= 15 is 0 Å². The number of hydrogen-bond donors (Lipinski definition) is 3. The second kappa shape index (κ2) is 6.30. The molecule has 0 aliphatic carbocycles. The zero-order valence-corrected chi connectivity index (χ0v) is 11.7. The molecular formula is C13H17F3N2O3. The molecule has 0 aromatic carbocycles. The van der Waals surface area contributed by atoms with Crippen molar-refractivity contribution < 1.29 is 23.1 Å². The summed E-state index contributed by atoms with van der Waals surface area (Å²) in [4.78, 5) is 24.9. The average Bonchev–Trinajstić information content (AvgIpc) is 2.43. The van der Waals surface area contributed by atoms with Crippen LogP contribution in [0.3, 0.4) is 0 Å². The Balaban J connectivity index is 2.88. The van der Waals surface area contributed by atoms with Gasteiger partial charge in [0, 0.05) is 6.54 Å². The summed E-state index contributed by atoms with van der Waals surface area (Å²) in [7, 11) is 0. The predicted molar refractivity (Wildman–Crippen MR) is 69.9 cm³/mol. The highest BCUT2D eigenvalue weighted by Crippen LogP contribution is 2.26. The third-order valence-corrected chi connectivity index (χ3v) is 3.35. The monoisotopic (exact) mass is 306 g/mol. The first kappa shape index (κ1) is 17.2. The van der Waals surface area contributed by atoms with E-state index in [2.05, 4.69) is 5.32 Å². The quantitative estimate of drug-likeness (QED) is 0.774. The molecule has 0 atom stereocenters. The van der Waals surface area contributed by atoms with Gasteiger partial charge >= 0.3 is 6.18 Å². The van der Waals surface area contributed by atoms with E-state index in [4.69, 9.17) is 0 Å². The van der Waals surface area contributed by atoms with Gasteiger partial charge < -0.3 is 15.4 Å². The zero-order valence-electron chi connectivity index (χ0n) is 11.7. The van der Waals surface area contributed by atoms with E-state index in [1.165, 1.54) is 0 Å². The van der Waals surface area contributed by atoms with Gasteiger partial charge in [0.15, 0.2) is 0 Å². The van der Waals surface area contributed by atoms with Crippen LogP contribution < -0.4 is 10.9 Å². The number of aromatic nitrogens is 1. The molecule has 1 amide bonds. The minimum atomic E-state index is -4.68. The number of carbonyl (C=O) groups excluding carboxylic acids is 1. The first-order chi connectivity index (χ1) is 9.63. The Morgan fingerprint density at radius 3 is 2.29 bits per heavy atom. The fourth-order valence-corrected chi connectivity index (χ4v) is 1.66. The molecule has 0 spiro atoms. The van der Waals surface area contributed by atoms with Crippen LogP contribution in [0.5, 0.6) is 0 Å². The van der Waals surface area contributed by atoms with E-state index in [1.54, 1.807) is 18.8 Å². The van der Waals surface area contributed by atoms with Crippen molar-refractivity contribution in [1.29, 1.82) is 0 Å². The van der Waals surface area contributed by atoms with E-state index in [-0.39, 0.29) is 6.54 Å². The maximum atomic E-state index is 12.4. The Morgan fingerprint density at radius 2 is 1.86 bits per heavy atom. The highest BCUT2D eigenvalue weighted by atomic mass is 19.4. The maximum absolute atomic E-state index is 12.4. The van der Waals surface area contributed by atoms with Crippen molar-refractivity contribution in [2.45, 2.75) is 38.5 Å². The van der Waals surface area contributed by atoms with Gasteiger partial charge in [-0.15, -0.1) is 0 Å². The summed E-state index contributed by atoms with van der Waals surface area (Å²) in [6, 6.07) is 1.44. The molecular weight excluding hydrogens is 289 g/mol. The molecule has 0 fully saturated rings. The van der Waals surface area contributed by atoms with Crippen LogP contribution in [0.4, 0.5) is 13.2 Å². The molecule has 0 saturated heterocycles. The smallest absolute Gasteiger partial charge is 0.388 e. The van der Waals surface area contributed by atoms with Crippen molar-refractivity contribution in [3.63, 3.8) is 0 Å². The molecule has 8 heteroatoms. The number of nitrogens with one attached hydrogen (secondary N) is 2. The number of aliphatic hydroxyl groups is 1. The fourth-order valence-electron chi connectivity index (χ4n) is 1.66. The van der Waals surface area contributed by atoms with Crippen LogP contribution in [0.25, 0.3) is 0 Å². The Morgan fingerprint density at radius 1 is 1.29 bits per heavy atom. The average molecular weight is 306 g/mol. The number of amides is 1. The van der Waals surface area contributed by atoms with Gasteiger partial charge in [0.25, 0.3) is 11.5 Å². The fraction of sp³-hybridized carbons (Fsp3) is 0.538. The minimum Gasteiger partial charge on any atom is -0.388 e. The van der Waals surface area contributed by atoms with Gasteiger partial charge in [0.2, 0.25) is 0 Å². The zero-order chi connectivity index (χ0) is 16.3. The largest absolute Gasteiger partial charge is 0.431 e. The first-order valence-electron chi connectivity index (χ1n) is 6.44. The Bertz CT molecular complexity index is 563. The summed E-state index contributed by atoms with van der Waals surface area (Å²) >= 11 is 0. The first-order valence-corrected chi connectivity index (χ1v) is 6.44. The van der Waals surface area contributed by atoms with Crippen molar-refractivity contribution in [3.8, 4) is 0 Å². The van der Waals surface area contributed by atoms with Gasteiger partial charge in [-0.3, -0.25) is 9.59 Å². The number of aromatic amines is 1. The lowest BCUT2D eigenvalue weighted by atomic mass is 9.97. The molecule has 1 heterocycles. The van der Waals surface area contributed by atoms with Crippen LogP contribution in [0, 0.1) is 0 Å². The Kier molecular flexibility index (Phi) is 5.16. The van der Waals surface area contributed by atoms with Gasteiger partial charge in [-0.25, -0.2) is 0 Å². The number of alkyl halides is 3. The summed E-state index contributed by atoms with van der Waals surface area (Å²) in [6.07, 6.45) is -3.89. The Hall–Kier alpha value is -1.83. The van der Waals surface area contributed by atoms with Crippen molar-refractivity contribution in [1.82, 2.24) is 10.3 Å². The molecule has 1 rings (SSSR count). The van der Waals surface area contributed by atoms with Gasteiger partial charge in [0.1, 0.15) is 11.3 Å². The SMILES string of the molecule is CCC(O)(CC)CNC(=O)c1ccc(C(F)(F)F)[nH]c1=O. The molecule has 0 bridgehead atoms. The second-order valence-electron chi connectivity index (χ2n) is 4.73. The summed E-state index contributed by atoms with van der Waals surface area (Å²) < 4.78 is 37.2. The van der Waals surface area contributed by atoms with Gasteiger partial charge in [-0.1, -0.05) is 13.8 Å². The normalized spacial score (nSPS) is 12.3. The van der Waals surface area contributed by atoms with Crippen LogP contribution in [0.1, 0.15) is 42.7 Å². The molecule has 0 saturated carbocycles. The summed E-state index contributed by atoms with van der Waals surface area (Å²) in [5.41, 5.74) is -3.88. The number of H-pyrrole nitrogens is 1. The molecule has 0 unspecified atom stereocenters. The lowest BCUT2D eigenvalue weighted by Gasteiger charge is -2.25. The number of rotatable bonds is 5. The minimum absolute atomic E-state index is 0.0840. The highest BCUT2D eigenvalue weighted by molar-refractivity contribution is 5.93. The topological polar surface area (TPSA) is 82.2 Å². The predicted octanol–water partition coefficient (Wildman–Crippen LogP) is 1.67. The van der Waals surface area contributed by atoms with E-state index < -0.39 is 34.5 Å². The third kappa shape index (κ3) is 4.32. The van der Waals surface area contributed by atoms with E-state index in [0.29, 0.717) is 18.9 Å². The Labute approximate surface area is 119 Å². The molecule has 21 heavy (non-hydrogen) atoms. The lowest BCUT2D eigenvalue weighted by Crippen LogP contribution is -2.43. The van der Waals surface area contributed by atoms with Gasteiger partial charge in [-0.05, 0) is 25.0 Å². The highest BCUT2D eigenvalue weighted by Gasteiger charge is 2.32. The van der Waals surface area contributed by atoms with Crippen molar-refractivity contribution in [3.05, 3.63) is 33.7 Å². The van der Waals surface area contributed by atoms with E-state index in [9.17, 15) is 27.9 Å². The molecule has 0 radical (unpaired) electrons. The van der Waals surface area contributed by atoms with E-state index in [0.717, 1.165) is 6.07 Å². The third-order valence-electron chi connectivity index (χ3n) is 3.35. The molecule has 0 aliphatic rings. The summed E-state index contributed by atoms with van der Waals surface area (Å²) in [6.45, 7) is 3.39. The number of pyridine rings is 1. The maximum Gasteiger partial charge on any atom is 0.431 e. The van der Waals surface area contributed by atoms with Crippen molar-refractivity contribution >= 4 is 5.91 Å². The molecule has 1 aromatic rings. The molecule has 1 aromatic heterocycles. The lowest BCUT2D eigenvalue weighted by molar-refractivity contribution is -0.141. The number of hydrogen-bond acceptors (Lipinski definition) is 3. The van der Waals surface area contributed by atoms with E-state index in [1.807, 2.05) is 0 Å². The standard InChI is InChI=1S/C13H17F3N2O3/c1-3-12(21,4-2)7-17-10(19)8-5-6-9(13(14,15)16)18-11(8)20/h5-6,21H,3-4,7H2,1-2H3,(H,17,19)(H,18,20). The molecule has 0 aliphatic heterocycles.